The number of quaternary nitrogens is 1. The number of aldehydes is 1. The van der Waals surface area contributed by atoms with E-state index in [1.807, 2.05) is 35.0 Å². The molecule has 1 atom stereocenters. The molecule has 21 heavy (non-hydrogen) atoms. The van der Waals surface area contributed by atoms with Gasteiger partial charge in [-0.1, -0.05) is 18.2 Å². The second-order valence-electron chi connectivity index (χ2n) is 6.04. The molecule has 0 amide bonds. The van der Waals surface area contributed by atoms with E-state index in [0.29, 0.717) is 12.1 Å². The summed E-state index contributed by atoms with van der Waals surface area (Å²) in [6, 6.07) is 7.87. The van der Waals surface area contributed by atoms with Crippen LogP contribution in [0.3, 0.4) is 0 Å². The zero-order valence-electron chi connectivity index (χ0n) is 12.3. The van der Waals surface area contributed by atoms with Crippen molar-refractivity contribution >= 4 is 17.2 Å². The quantitative estimate of drug-likeness (QED) is 0.802. The van der Waals surface area contributed by atoms with Gasteiger partial charge in [0.15, 0.2) is 6.29 Å². The monoisotopic (exact) mass is 287 g/mol. The first-order valence-corrected chi connectivity index (χ1v) is 7.82. The van der Waals surface area contributed by atoms with Crippen molar-refractivity contribution in [2.24, 2.45) is 0 Å². The van der Waals surface area contributed by atoms with Gasteiger partial charge in [0.1, 0.15) is 12.6 Å². The van der Waals surface area contributed by atoms with E-state index < -0.39 is 0 Å². The summed E-state index contributed by atoms with van der Waals surface area (Å²) in [4.78, 5) is 12.7. The lowest BCUT2D eigenvalue weighted by Crippen LogP contribution is -3.13. The molecule has 3 rings (SSSR count). The van der Waals surface area contributed by atoms with Crippen LogP contribution in [0.15, 0.2) is 30.5 Å². The number of aliphatic hydroxyl groups is 1. The number of piperidine rings is 1. The molecule has 0 aliphatic carbocycles. The van der Waals surface area contributed by atoms with Crippen LogP contribution in [-0.4, -0.2) is 41.7 Å². The highest BCUT2D eigenvalue weighted by Crippen LogP contribution is 2.20. The van der Waals surface area contributed by atoms with Crippen molar-refractivity contribution < 1.29 is 14.8 Å². The van der Waals surface area contributed by atoms with Crippen LogP contribution in [0.4, 0.5) is 0 Å². The Morgan fingerprint density at radius 1 is 1.24 bits per heavy atom. The molecule has 0 radical (unpaired) electrons. The van der Waals surface area contributed by atoms with Crippen LogP contribution in [0.25, 0.3) is 10.9 Å². The average molecular weight is 287 g/mol. The van der Waals surface area contributed by atoms with Gasteiger partial charge in [-0.2, -0.15) is 0 Å². The van der Waals surface area contributed by atoms with Crippen LogP contribution in [-0.2, 0) is 6.54 Å². The van der Waals surface area contributed by atoms with Crippen molar-refractivity contribution in [3.8, 4) is 0 Å². The summed E-state index contributed by atoms with van der Waals surface area (Å²) in [5, 5.41) is 11.3. The van der Waals surface area contributed by atoms with Gasteiger partial charge in [-0.3, -0.25) is 4.79 Å². The smallest absolute Gasteiger partial charge is 0.152 e. The number of aliphatic hydroxyl groups excluding tert-OH is 1. The van der Waals surface area contributed by atoms with E-state index >= 15 is 0 Å². The van der Waals surface area contributed by atoms with Crippen LogP contribution in [0, 0.1) is 0 Å². The minimum absolute atomic E-state index is 0.367. The number of nitrogens with one attached hydrogen (secondary N) is 1. The van der Waals surface area contributed by atoms with E-state index in [2.05, 4.69) is 0 Å². The zero-order valence-corrected chi connectivity index (χ0v) is 12.3. The summed E-state index contributed by atoms with van der Waals surface area (Å²) in [5.41, 5.74) is 1.72. The number of fused-ring (bicyclic) bond motifs is 1. The minimum atomic E-state index is -0.367. The third-order valence-electron chi connectivity index (χ3n) is 4.44. The average Bonchev–Trinajstić information content (AvgIpc) is 2.86. The van der Waals surface area contributed by atoms with Gasteiger partial charge in [-0.05, 0) is 25.3 Å². The number of benzene rings is 1. The van der Waals surface area contributed by atoms with Crippen molar-refractivity contribution in [1.82, 2.24) is 4.57 Å². The van der Waals surface area contributed by atoms with Gasteiger partial charge >= 0.3 is 0 Å². The van der Waals surface area contributed by atoms with E-state index in [1.54, 1.807) is 0 Å². The first-order valence-electron chi connectivity index (χ1n) is 7.82. The number of carbonyl (C=O) groups excluding carboxylic acids is 1. The molecule has 2 heterocycles. The minimum Gasteiger partial charge on any atom is -0.385 e. The van der Waals surface area contributed by atoms with Gasteiger partial charge in [-0.25, -0.2) is 0 Å². The maximum Gasteiger partial charge on any atom is 0.152 e. The molecular weight excluding hydrogens is 264 g/mol. The molecule has 1 fully saturated rings. The Hall–Kier alpha value is -1.65. The lowest BCUT2D eigenvalue weighted by atomic mass is 10.1. The molecule has 1 saturated heterocycles. The summed E-state index contributed by atoms with van der Waals surface area (Å²) < 4.78 is 2.01. The summed E-state index contributed by atoms with van der Waals surface area (Å²) in [7, 11) is 0. The first kappa shape index (κ1) is 14.3. The molecule has 4 heteroatoms. The van der Waals surface area contributed by atoms with E-state index in [4.69, 9.17) is 0 Å². The standard InChI is InChI=1S/C17H22N2O2/c20-13-14-10-19(17-7-3-2-6-16(14)17)12-15(21)11-18-8-4-1-5-9-18/h2-3,6-7,10,13,15,21H,1,4-5,8-9,11-12H2/p+1/t15-/m0/s1. The molecular formula is C17H23N2O2+. The second-order valence-corrected chi connectivity index (χ2v) is 6.04. The van der Waals surface area contributed by atoms with E-state index in [9.17, 15) is 9.90 Å². The third-order valence-corrected chi connectivity index (χ3v) is 4.44. The Labute approximate surface area is 125 Å². The summed E-state index contributed by atoms with van der Waals surface area (Å²) in [5.74, 6) is 0. The number of hydrogen-bond donors (Lipinski definition) is 2. The number of aromatic nitrogens is 1. The molecule has 0 saturated carbocycles. The highest BCUT2D eigenvalue weighted by atomic mass is 16.3. The van der Waals surface area contributed by atoms with Gasteiger partial charge in [0.2, 0.25) is 0 Å². The molecule has 2 aromatic rings. The topological polar surface area (TPSA) is 46.7 Å². The Balaban J connectivity index is 1.73. The fourth-order valence-corrected chi connectivity index (χ4v) is 3.40. The zero-order chi connectivity index (χ0) is 14.7. The number of likely N-dealkylation sites (tertiary alicyclic amines) is 1. The number of carbonyl (C=O) groups is 1. The lowest BCUT2D eigenvalue weighted by Gasteiger charge is -2.25. The van der Waals surface area contributed by atoms with E-state index in [-0.39, 0.29) is 6.10 Å². The first-order chi connectivity index (χ1) is 10.3. The molecule has 1 aliphatic rings. The Kier molecular flexibility index (Phi) is 4.36. The third kappa shape index (κ3) is 3.17. The van der Waals surface area contributed by atoms with Gasteiger partial charge in [0, 0.05) is 22.7 Å². The van der Waals surface area contributed by atoms with Crippen LogP contribution in [0.5, 0.6) is 0 Å². The fourth-order valence-electron chi connectivity index (χ4n) is 3.40. The van der Waals surface area contributed by atoms with Crippen molar-refractivity contribution in [2.75, 3.05) is 19.6 Å². The normalized spacial score (nSPS) is 18.0. The maximum absolute atomic E-state index is 11.2. The highest BCUT2D eigenvalue weighted by molar-refractivity contribution is 5.97. The van der Waals surface area contributed by atoms with Gasteiger partial charge in [0.05, 0.1) is 19.6 Å². The van der Waals surface area contributed by atoms with E-state index in [1.165, 1.54) is 37.3 Å². The van der Waals surface area contributed by atoms with Gasteiger partial charge < -0.3 is 14.6 Å². The van der Waals surface area contributed by atoms with Crippen molar-refractivity contribution in [3.63, 3.8) is 0 Å². The van der Waals surface area contributed by atoms with Crippen molar-refractivity contribution in [2.45, 2.75) is 31.9 Å². The van der Waals surface area contributed by atoms with Crippen LogP contribution < -0.4 is 4.90 Å². The predicted molar refractivity (Wildman–Crippen MR) is 82.7 cm³/mol. The Morgan fingerprint density at radius 2 is 2.00 bits per heavy atom. The number of nitrogens with zero attached hydrogens (tertiary/aromatic N) is 1. The summed E-state index contributed by atoms with van der Waals surface area (Å²) in [6.45, 7) is 3.69. The number of rotatable bonds is 5. The predicted octanol–water partition coefficient (Wildman–Crippen LogP) is 0.883. The van der Waals surface area contributed by atoms with Crippen molar-refractivity contribution in [3.05, 3.63) is 36.0 Å². The van der Waals surface area contributed by atoms with Gasteiger partial charge in [-0.15, -0.1) is 0 Å². The van der Waals surface area contributed by atoms with Crippen LogP contribution in [0.1, 0.15) is 29.6 Å². The number of hydrogen-bond acceptors (Lipinski definition) is 2. The van der Waals surface area contributed by atoms with Gasteiger partial charge in [0.25, 0.3) is 0 Å². The molecule has 0 unspecified atom stereocenters. The molecule has 112 valence electrons. The lowest BCUT2D eigenvalue weighted by molar-refractivity contribution is -0.908. The summed E-state index contributed by atoms with van der Waals surface area (Å²) in [6.07, 6.45) is 6.24. The SMILES string of the molecule is O=Cc1cn(C[C@@H](O)C[NH+]2CCCCC2)c2ccccc12. The van der Waals surface area contributed by atoms with Crippen LogP contribution >= 0.6 is 0 Å². The largest absolute Gasteiger partial charge is 0.385 e. The molecule has 1 aromatic heterocycles. The number of para-hydroxylation sites is 1. The molecule has 1 aromatic carbocycles. The summed E-state index contributed by atoms with van der Waals surface area (Å²) >= 11 is 0. The van der Waals surface area contributed by atoms with E-state index in [0.717, 1.165) is 23.7 Å². The molecule has 0 bridgehead atoms. The Bertz CT molecular complexity index is 614. The fraction of sp³-hybridized carbons (Fsp3) is 0.471. The van der Waals surface area contributed by atoms with Crippen molar-refractivity contribution in [1.29, 1.82) is 0 Å². The molecule has 0 spiro atoms. The maximum atomic E-state index is 11.2. The Morgan fingerprint density at radius 3 is 2.76 bits per heavy atom. The molecule has 1 aliphatic heterocycles. The molecule has 4 nitrogen and oxygen atoms in total. The second kappa shape index (κ2) is 6.41. The highest BCUT2D eigenvalue weighted by Gasteiger charge is 2.19. The molecule has 2 N–H and O–H groups in total. The van der Waals surface area contributed by atoms with Crippen LogP contribution in [0.2, 0.25) is 0 Å².